The Morgan fingerprint density at radius 2 is 2.00 bits per heavy atom. The SMILES string of the molecule is CC(=O)OC12C(=O)OC3(C#N)C4C5CC(C6C5C3C61)C42. The fourth-order valence-electron chi connectivity index (χ4n) is 7.80. The van der Waals surface area contributed by atoms with Crippen LogP contribution in [0.4, 0.5) is 0 Å². The van der Waals surface area contributed by atoms with Gasteiger partial charge in [-0.2, -0.15) is 5.26 Å². The minimum Gasteiger partial charge on any atom is -0.447 e. The molecule has 10 unspecified atom stereocenters. The van der Waals surface area contributed by atoms with Gasteiger partial charge in [-0.3, -0.25) is 4.79 Å². The highest BCUT2D eigenvalue weighted by Gasteiger charge is 2.97. The van der Waals surface area contributed by atoms with E-state index in [0.29, 0.717) is 23.7 Å². The first-order chi connectivity index (χ1) is 9.58. The van der Waals surface area contributed by atoms with Crippen LogP contribution < -0.4 is 0 Å². The van der Waals surface area contributed by atoms with Crippen LogP contribution in [-0.2, 0) is 19.1 Å². The molecule has 2 aliphatic heterocycles. The van der Waals surface area contributed by atoms with Crippen molar-refractivity contribution in [1.29, 1.82) is 5.26 Å². The standard InChI is InChI=1S/C15H13NO4/c1-4(17)19-15-10-6-2-5-7-8(6)12(15)11(7)14(3-16,9(5)10)20-13(15)18/h5-12H,2H2,1H3. The fourth-order valence-corrected chi connectivity index (χ4v) is 7.80. The maximum absolute atomic E-state index is 12.6. The molecule has 102 valence electrons. The monoisotopic (exact) mass is 271 g/mol. The second kappa shape index (κ2) is 2.38. The molecule has 0 aromatic rings. The summed E-state index contributed by atoms with van der Waals surface area (Å²) in [6, 6.07) is 2.36. The van der Waals surface area contributed by atoms with Gasteiger partial charge in [-0.05, 0) is 30.1 Å². The largest absolute Gasteiger partial charge is 0.447 e. The predicted molar refractivity (Wildman–Crippen MR) is 61.5 cm³/mol. The Balaban J connectivity index is 1.66. The molecule has 0 aromatic heterocycles. The van der Waals surface area contributed by atoms with E-state index in [-0.39, 0.29) is 23.7 Å². The predicted octanol–water partition coefficient (Wildman–Crippen LogP) is 0.495. The summed E-state index contributed by atoms with van der Waals surface area (Å²) in [5, 5.41) is 9.71. The topological polar surface area (TPSA) is 76.4 Å². The van der Waals surface area contributed by atoms with Crippen LogP contribution in [0.5, 0.6) is 0 Å². The van der Waals surface area contributed by atoms with Gasteiger partial charge in [-0.15, -0.1) is 0 Å². The molecule has 5 heteroatoms. The van der Waals surface area contributed by atoms with Gasteiger partial charge in [0.25, 0.3) is 0 Å². The Morgan fingerprint density at radius 1 is 1.30 bits per heavy atom. The van der Waals surface area contributed by atoms with Crippen LogP contribution in [0.15, 0.2) is 0 Å². The summed E-state index contributed by atoms with van der Waals surface area (Å²) in [7, 11) is 0. The van der Waals surface area contributed by atoms with Crippen LogP contribution in [0.1, 0.15) is 13.3 Å². The second-order valence-corrected chi connectivity index (χ2v) is 7.50. The Kier molecular flexibility index (Phi) is 1.22. The average Bonchev–Trinajstić information content (AvgIpc) is 2.89. The van der Waals surface area contributed by atoms with Gasteiger partial charge < -0.3 is 9.47 Å². The quantitative estimate of drug-likeness (QED) is 0.649. The number of fused-ring (bicyclic) bond motifs is 1. The van der Waals surface area contributed by atoms with Gasteiger partial charge in [0, 0.05) is 30.6 Å². The highest BCUT2D eigenvalue weighted by atomic mass is 16.6. The van der Waals surface area contributed by atoms with E-state index in [1.807, 2.05) is 0 Å². The van der Waals surface area contributed by atoms with Crippen LogP contribution in [0.2, 0.25) is 0 Å². The molecule has 0 aromatic carbocycles. The zero-order valence-corrected chi connectivity index (χ0v) is 10.9. The molecule has 2 heterocycles. The summed E-state index contributed by atoms with van der Waals surface area (Å²) in [5.41, 5.74) is -1.94. The van der Waals surface area contributed by atoms with Crippen molar-refractivity contribution >= 4 is 11.9 Å². The van der Waals surface area contributed by atoms with Gasteiger partial charge in [0.2, 0.25) is 11.2 Å². The molecule has 5 saturated carbocycles. The van der Waals surface area contributed by atoms with Crippen molar-refractivity contribution in [3.8, 4) is 6.07 Å². The van der Waals surface area contributed by atoms with Gasteiger partial charge in [0.1, 0.15) is 6.07 Å². The number of carbonyl (C=O) groups excluding carboxylic acids is 2. The van der Waals surface area contributed by atoms with Crippen LogP contribution in [0.3, 0.4) is 0 Å². The van der Waals surface area contributed by atoms with Crippen molar-refractivity contribution in [2.75, 3.05) is 0 Å². The third kappa shape index (κ3) is 0.590. The molecular formula is C15H13NO4. The van der Waals surface area contributed by atoms with E-state index in [9.17, 15) is 14.9 Å². The van der Waals surface area contributed by atoms with Gasteiger partial charge in [0.05, 0.1) is 0 Å². The molecule has 7 rings (SSSR count). The zero-order valence-electron chi connectivity index (χ0n) is 10.9. The van der Waals surface area contributed by atoms with Crippen LogP contribution >= 0.6 is 0 Å². The third-order valence-electron chi connectivity index (χ3n) is 7.55. The lowest BCUT2D eigenvalue weighted by molar-refractivity contribution is -0.275. The molecule has 4 bridgehead atoms. The Labute approximate surface area is 115 Å². The fraction of sp³-hybridized carbons (Fsp3) is 0.800. The van der Waals surface area contributed by atoms with Crippen molar-refractivity contribution in [3.05, 3.63) is 0 Å². The minimum atomic E-state index is -1.04. The van der Waals surface area contributed by atoms with Crippen molar-refractivity contribution in [3.63, 3.8) is 0 Å². The van der Waals surface area contributed by atoms with E-state index in [1.165, 1.54) is 6.92 Å². The lowest BCUT2D eigenvalue weighted by Gasteiger charge is -2.60. The number of hydrogen-bond acceptors (Lipinski definition) is 5. The minimum absolute atomic E-state index is 0.0438. The van der Waals surface area contributed by atoms with Crippen molar-refractivity contribution in [1.82, 2.24) is 0 Å². The maximum Gasteiger partial charge on any atom is 0.352 e. The summed E-state index contributed by atoms with van der Waals surface area (Å²) in [6.45, 7) is 1.36. The number of carbonyl (C=O) groups is 2. The number of esters is 2. The molecule has 20 heavy (non-hydrogen) atoms. The molecular weight excluding hydrogens is 258 g/mol. The van der Waals surface area contributed by atoms with Crippen molar-refractivity contribution in [2.45, 2.75) is 24.5 Å². The Bertz CT molecular complexity index is 667. The molecule has 7 fully saturated rings. The van der Waals surface area contributed by atoms with E-state index in [1.54, 1.807) is 0 Å². The van der Waals surface area contributed by atoms with Crippen molar-refractivity contribution < 1.29 is 19.1 Å². The van der Waals surface area contributed by atoms with Crippen LogP contribution in [-0.4, -0.2) is 23.1 Å². The normalized spacial score (nSPS) is 68.1. The Morgan fingerprint density at radius 3 is 2.70 bits per heavy atom. The third-order valence-corrected chi connectivity index (χ3v) is 7.55. The summed E-state index contributed by atoms with van der Waals surface area (Å²) >= 11 is 0. The molecule has 2 saturated heterocycles. The number of hydrogen-bond donors (Lipinski definition) is 0. The van der Waals surface area contributed by atoms with E-state index in [0.717, 1.165) is 6.42 Å². The number of nitriles is 1. The molecule has 0 amide bonds. The molecule has 0 spiro atoms. The van der Waals surface area contributed by atoms with E-state index in [2.05, 4.69) is 6.07 Å². The summed E-state index contributed by atoms with van der Waals surface area (Å²) in [6.07, 6.45) is 1.10. The van der Waals surface area contributed by atoms with Gasteiger partial charge in [0.15, 0.2) is 0 Å². The Hall–Kier alpha value is -1.57. The average molecular weight is 271 g/mol. The van der Waals surface area contributed by atoms with Gasteiger partial charge in [-0.25, -0.2) is 4.79 Å². The number of rotatable bonds is 1. The highest BCUT2D eigenvalue weighted by molar-refractivity contribution is 5.89. The molecule has 0 N–H and O–H groups in total. The smallest absolute Gasteiger partial charge is 0.352 e. The first-order valence-electron chi connectivity index (χ1n) is 7.42. The lowest BCUT2D eigenvalue weighted by Crippen LogP contribution is -2.74. The summed E-state index contributed by atoms with van der Waals surface area (Å²) in [4.78, 5) is 24.2. The maximum atomic E-state index is 12.6. The number of nitrogens with zero attached hydrogens (tertiary/aromatic N) is 1. The molecule has 0 radical (unpaired) electrons. The van der Waals surface area contributed by atoms with Crippen LogP contribution in [0.25, 0.3) is 0 Å². The van der Waals surface area contributed by atoms with Gasteiger partial charge in [-0.1, -0.05) is 0 Å². The van der Waals surface area contributed by atoms with E-state index < -0.39 is 23.1 Å². The second-order valence-electron chi connectivity index (χ2n) is 7.50. The molecule has 7 aliphatic rings. The molecule has 5 nitrogen and oxygen atoms in total. The van der Waals surface area contributed by atoms with E-state index in [4.69, 9.17) is 9.47 Å². The summed E-state index contributed by atoms with van der Waals surface area (Å²) in [5.74, 6) is 1.50. The van der Waals surface area contributed by atoms with Crippen LogP contribution in [0, 0.1) is 58.7 Å². The van der Waals surface area contributed by atoms with Gasteiger partial charge >= 0.3 is 11.9 Å². The molecule has 5 aliphatic carbocycles. The number of ether oxygens (including phenoxy) is 2. The summed E-state index contributed by atoms with van der Waals surface area (Å²) < 4.78 is 11.3. The lowest BCUT2D eigenvalue weighted by atomic mass is 9.50. The highest BCUT2D eigenvalue weighted by Crippen LogP contribution is 2.90. The van der Waals surface area contributed by atoms with Crippen molar-refractivity contribution in [2.24, 2.45) is 47.3 Å². The first-order valence-corrected chi connectivity index (χ1v) is 7.42. The van der Waals surface area contributed by atoms with E-state index >= 15 is 0 Å². The first kappa shape index (κ1) is 10.2. The molecule has 10 atom stereocenters. The zero-order chi connectivity index (χ0) is 13.6.